The second-order valence-corrected chi connectivity index (χ2v) is 7.59. The number of benzene rings is 2. The number of hydrogen-bond acceptors (Lipinski definition) is 5. The van der Waals surface area contributed by atoms with Gasteiger partial charge in [0.05, 0.1) is 26.0 Å². The van der Waals surface area contributed by atoms with Gasteiger partial charge in [-0.3, -0.25) is 4.79 Å². The summed E-state index contributed by atoms with van der Waals surface area (Å²) >= 11 is 0. The lowest BCUT2D eigenvalue weighted by Gasteiger charge is -2.15. The molecule has 4 rings (SSSR count). The number of fused-ring (bicyclic) bond motifs is 1. The van der Waals surface area contributed by atoms with E-state index in [0.29, 0.717) is 5.65 Å². The first-order valence-corrected chi connectivity index (χ1v) is 10.4. The monoisotopic (exact) mass is 430 g/mol. The number of pyridine rings is 1. The highest BCUT2D eigenvalue weighted by Crippen LogP contribution is 2.31. The Labute approximate surface area is 187 Å². The first kappa shape index (κ1) is 21.4. The van der Waals surface area contributed by atoms with E-state index in [0.717, 1.165) is 39.3 Å². The molecule has 0 fully saturated rings. The molecular formula is C25H26N4O3. The van der Waals surface area contributed by atoms with Crippen molar-refractivity contribution in [1.29, 1.82) is 0 Å². The van der Waals surface area contributed by atoms with Crippen molar-refractivity contribution in [2.45, 2.75) is 26.4 Å². The van der Waals surface area contributed by atoms with Crippen LogP contribution in [0.5, 0.6) is 11.5 Å². The number of nitrogens with one attached hydrogen (secondary N) is 1. The average Bonchev–Trinajstić information content (AvgIpc) is 3.14. The smallest absolute Gasteiger partial charge is 0.242 e. The van der Waals surface area contributed by atoms with Gasteiger partial charge in [-0.1, -0.05) is 24.3 Å². The van der Waals surface area contributed by atoms with Crippen LogP contribution in [0.25, 0.3) is 22.2 Å². The summed E-state index contributed by atoms with van der Waals surface area (Å²) in [5.74, 6) is 1.45. The molecule has 0 bridgehead atoms. The van der Waals surface area contributed by atoms with E-state index in [-0.39, 0.29) is 18.5 Å². The molecule has 7 nitrogen and oxygen atoms in total. The zero-order chi connectivity index (χ0) is 22.7. The topological polar surface area (TPSA) is 78.3 Å². The molecule has 164 valence electrons. The molecule has 7 heteroatoms. The zero-order valence-electron chi connectivity index (χ0n) is 18.6. The van der Waals surface area contributed by atoms with Crippen LogP contribution in [0.3, 0.4) is 0 Å². The number of methoxy groups -OCH3 is 2. The van der Waals surface area contributed by atoms with Gasteiger partial charge in [0.2, 0.25) is 5.91 Å². The third-order valence-corrected chi connectivity index (χ3v) is 5.50. The second-order valence-electron chi connectivity index (χ2n) is 7.59. The normalized spacial score (nSPS) is 11.9. The Morgan fingerprint density at radius 1 is 1.00 bits per heavy atom. The molecule has 2 heterocycles. The van der Waals surface area contributed by atoms with Gasteiger partial charge < -0.3 is 14.8 Å². The molecular weight excluding hydrogens is 404 g/mol. The van der Waals surface area contributed by atoms with Gasteiger partial charge in [-0.2, -0.15) is 5.10 Å². The number of carbonyl (C=O) groups is 1. The van der Waals surface area contributed by atoms with E-state index >= 15 is 0 Å². The standard InChI is InChI=1S/C25H26N4O3/c1-16(18-5-9-20(31-3)10-6-18)27-23(30)15-29-25-24(17(2)28-29)22(13-14-26-25)19-7-11-21(32-4)12-8-19/h5-14,16H,15H2,1-4H3,(H,27,30). The SMILES string of the molecule is COc1ccc(-c2ccnc3c2c(C)nn3CC(=O)NC(C)c2ccc(OC)cc2)cc1. The molecule has 0 aliphatic rings. The Kier molecular flexibility index (Phi) is 6.07. The van der Waals surface area contributed by atoms with Crippen LogP contribution >= 0.6 is 0 Å². The predicted molar refractivity (Wildman–Crippen MR) is 124 cm³/mol. The summed E-state index contributed by atoms with van der Waals surface area (Å²) in [6.45, 7) is 3.97. The van der Waals surface area contributed by atoms with Crippen molar-refractivity contribution >= 4 is 16.9 Å². The molecule has 0 saturated heterocycles. The summed E-state index contributed by atoms with van der Waals surface area (Å²) < 4.78 is 12.1. The van der Waals surface area contributed by atoms with Crippen LogP contribution in [0.4, 0.5) is 0 Å². The minimum absolute atomic E-state index is 0.0872. The first-order chi connectivity index (χ1) is 15.5. The van der Waals surface area contributed by atoms with E-state index in [1.54, 1.807) is 25.1 Å². The Hall–Kier alpha value is -3.87. The Balaban J connectivity index is 1.56. The summed E-state index contributed by atoms with van der Waals surface area (Å²) in [7, 11) is 3.28. The average molecular weight is 431 g/mol. The number of carbonyl (C=O) groups excluding carboxylic acids is 1. The van der Waals surface area contributed by atoms with Crippen LogP contribution in [0.1, 0.15) is 24.2 Å². The quantitative estimate of drug-likeness (QED) is 0.473. The van der Waals surface area contributed by atoms with Crippen molar-refractivity contribution in [3.05, 3.63) is 72.1 Å². The van der Waals surface area contributed by atoms with Crippen molar-refractivity contribution in [3.8, 4) is 22.6 Å². The first-order valence-electron chi connectivity index (χ1n) is 10.4. The van der Waals surface area contributed by atoms with E-state index in [1.165, 1.54) is 0 Å². The number of aryl methyl sites for hydroxylation is 1. The largest absolute Gasteiger partial charge is 0.497 e. The van der Waals surface area contributed by atoms with Crippen LogP contribution in [-0.4, -0.2) is 34.9 Å². The molecule has 2 aromatic heterocycles. The summed E-state index contributed by atoms with van der Waals surface area (Å²) in [6, 6.07) is 17.3. The number of amides is 1. The number of rotatable bonds is 7. The second kappa shape index (κ2) is 9.09. The summed E-state index contributed by atoms with van der Waals surface area (Å²) in [5, 5.41) is 8.58. The van der Waals surface area contributed by atoms with Crippen molar-refractivity contribution in [3.63, 3.8) is 0 Å². The molecule has 0 spiro atoms. The van der Waals surface area contributed by atoms with Crippen LogP contribution < -0.4 is 14.8 Å². The molecule has 0 radical (unpaired) electrons. The van der Waals surface area contributed by atoms with Gasteiger partial charge in [0.1, 0.15) is 18.0 Å². The Bertz CT molecular complexity index is 1230. The van der Waals surface area contributed by atoms with Crippen LogP contribution in [-0.2, 0) is 11.3 Å². The van der Waals surface area contributed by atoms with Gasteiger partial charge in [0.25, 0.3) is 0 Å². The number of nitrogens with zero attached hydrogens (tertiary/aromatic N) is 3. The third kappa shape index (κ3) is 4.27. The summed E-state index contributed by atoms with van der Waals surface area (Å²) in [5.41, 5.74) is 4.57. The van der Waals surface area contributed by atoms with E-state index in [2.05, 4.69) is 15.4 Å². The fourth-order valence-corrected chi connectivity index (χ4v) is 3.80. The van der Waals surface area contributed by atoms with Crippen LogP contribution in [0.15, 0.2) is 60.8 Å². The van der Waals surface area contributed by atoms with Crippen molar-refractivity contribution in [2.75, 3.05) is 14.2 Å². The summed E-state index contributed by atoms with van der Waals surface area (Å²) in [4.78, 5) is 17.3. The lowest BCUT2D eigenvalue weighted by Crippen LogP contribution is -2.30. The van der Waals surface area contributed by atoms with E-state index in [4.69, 9.17) is 9.47 Å². The highest BCUT2D eigenvalue weighted by molar-refractivity contribution is 5.95. The fraction of sp³-hybridized carbons (Fsp3) is 0.240. The lowest BCUT2D eigenvalue weighted by molar-refractivity contribution is -0.122. The lowest BCUT2D eigenvalue weighted by atomic mass is 10.0. The molecule has 1 unspecified atom stereocenters. The molecule has 1 atom stereocenters. The third-order valence-electron chi connectivity index (χ3n) is 5.50. The van der Waals surface area contributed by atoms with E-state index < -0.39 is 0 Å². The zero-order valence-corrected chi connectivity index (χ0v) is 18.6. The molecule has 0 saturated carbocycles. The van der Waals surface area contributed by atoms with Gasteiger partial charge in [0.15, 0.2) is 5.65 Å². The molecule has 0 aliphatic carbocycles. The van der Waals surface area contributed by atoms with Crippen LogP contribution in [0, 0.1) is 6.92 Å². The number of ether oxygens (including phenoxy) is 2. The number of hydrogen-bond donors (Lipinski definition) is 1. The number of aromatic nitrogens is 3. The molecule has 32 heavy (non-hydrogen) atoms. The highest BCUT2D eigenvalue weighted by Gasteiger charge is 2.17. The van der Waals surface area contributed by atoms with Crippen LogP contribution in [0.2, 0.25) is 0 Å². The van der Waals surface area contributed by atoms with Gasteiger partial charge >= 0.3 is 0 Å². The van der Waals surface area contributed by atoms with Crippen molar-refractivity contribution in [1.82, 2.24) is 20.1 Å². The van der Waals surface area contributed by atoms with E-state index in [1.807, 2.05) is 68.4 Å². The maximum Gasteiger partial charge on any atom is 0.242 e. The minimum Gasteiger partial charge on any atom is -0.497 e. The summed E-state index contributed by atoms with van der Waals surface area (Å²) in [6.07, 6.45) is 1.75. The fourth-order valence-electron chi connectivity index (χ4n) is 3.80. The van der Waals surface area contributed by atoms with Gasteiger partial charge in [-0.25, -0.2) is 9.67 Å². The minimum atomic E-state index is -0.140. The predicted octanol–water partition coefficient (Wildman–Crippen LogP) is 4.30. The van der Waals surface area contributed by atoms with Crippen molar-refractivity contribution < 1.29 is 14.3 Å². The molecule has 1 N–H and O–H groups in total. The molecule has 1 amide bonds. The van der Waals surface area contributed by atoms with E-state index in [9.17, 15) is 4.79 Å². The maximum atomic E-state index is 12.8. The van der Waals surface area contributed by atoms with Gasteiger partial charge in [0, 0.05) is 11.6 Å². The molecule has 0 aliphatic heterocycles. The Morgan fingerprint density at radius 3 is 2.25 bits per heavy atom. The molecule has 2 aromatic carbocycles. The highest BCUT2D eigenvalue weighted by atomic mass is 16.5. The van der Waals surface area contributed by atoms with Crippen molar-refractivity contribution in [2.24, 2.45) is 0 Å². The Morgan fingerprint density at radius 2 is 1.62 bits per heavy atom. The van der Waals surface area contributed by atoms with Gasteiger partial charge in [-0.05, 0) is 60.9 Å². The maximum absolute atomic E-state index is 12.8. The van der Waals surface area contributed by atoms with Gasteiger partial charge in [-0.15, -0.1) is 0 Å². The molecule has 4 aromatic rings.